The fourth-order valence-electron chi connectivity index (χ4n) is 3.94. The van der Waals surface area contributed by atoms with Crippen LogP contribution in [0, 0.1) is 17.8 Å². The Kier molecular flexibility index (Phi) is 3.37. The third kappa shape index (κ3) is 1.88. The molecule has 2 fully saturated rings. The van der Waals surface area contributed by atoms with Gasteiger partial charge in [-0.1, -0.05) is 24.9 Å². The largest absolute Gasteiger partial charge is 0.309 e. The maximum absolute atomic E-state index is 6.36. The van der Waals surface area contributed by atoms with Gasteiger partial charge in [0.15, 0.2) is 0 Å². The maximum Gasteiger partial charge on any atom is 0.0834 e. The Labute approximate surface area is 114 Å². The molecule has 0 radical (unpaired) electrons. The number of hydrogen-bond donors (Lipinski definition) is 1. The van der Waals surface area contributed by atoms with E-state index in [1.165, 1.54) is 25.0 Å². The molecular formula is C14H22ClN3. The molecule has 0 spiro atoms. The Morgan fingerprint density at radius 3 is 2.78 bits per heavy atom. The van der Waals surface area contributed by atoms with Crippen molar-refractivity contribution < 1.29 is 0 Å². The lowest BCUT2D eigenvalue weighted by Gasteiger charge is -2.21. The summed E-state index contributed by atoms with van der Waals surface area (Å²) in [6.45, 7) is 6.19. The SMILES string of the molecule is CCNC(c1c(Cl)cnn1CC)C1C2CCCC21. The van der Waals surface area contributed by atoms with Crippen LogP contribution in [-0.2, 0) is 6.54 Å². The van der Waals surface area contributed by atoms with Crippen LogP contribution in [-0.4, -0.2) is 16.3 Å². The number of halogens is 1. The summed E-state index contributed by atoms with van der Waals surface area (Å²) in [6, 6.07) is 0.403. The summed E-state index contributed by atoms with van der Waals surface area (Å²) in [4.78, 5) is 0. The Morgan fingerprint density at radius 1 is 1.44 bits per heavy atom. The van der Waals surface area contributed by atoms with E-state index in [9.17, 15) is 0 Å². The molecule has 2 aliphatic rings. The van der Waals surface area contributed by atoms with Crippen LogP contribution in [0.2, 0.25) is 5.02 Å². The molecule has 1 N–H and O–H groups in total. The fraction of sp³-hybridized carbons (Fsp3) is 0.786. The second kappa shape index (κ2) is 4.86. The van der Waals surface area contributed by atoms with Gasteiger partial charge in [-0.25, -0.2) is 0 Å². The third-order valence-corrected chi connectivity index (χ3v) is 5.00. The molecule has 2 aliphatic carbocycles. The smallest absolute Gasteiger partial charge is 0.0834 e. The first kappa shape index (κ1) is 12.5. The van der Waals surface area contributed by atoms with E-state index in [-0.39, 0.29) is 0 Å². The van der Waals surface area contributed by atoms with Crippen molar-refractivity contribution in [2.24, 2.45) is 17.8 Å². The van der Waals surface area contributed by atoms with Crippen LogP contribution in [0.4, 0.5) is 0 Å². The normalized spacial score (nSPS) is 31.4. The van der Waals surface area contributed by atoms with E-state index >= 15 is 0 Å². The minimum atomic E-state index is 0.403. The van der Waals surface area contributed by atoms with Gasteiger partial charge >= 0.3 is 0 Å². The molecule has 0 aromatic carbocycles. The van der Waals surface area contributed by atoms with Crippen molar-refractivity contribution in [2.45, 2.75) is 45.7 Å². The second-order valence-electron chi connectivity index (χ2n) is 5.56. The number of aryl methyl sites for hydroxylation is 1. The van der Waals surface area contributed by atoms with Gasteiger partial charge in [-0.2, -0.15) is 5.10 Å². The van der Waals surface area contributed by atoms with E-state index < -0.39 is 0 Å². The first-order valence-corrected chi connectivity index (χ1v) is 7.60. The van der Waals surface area contributed by atoms with Crippen LogP contribution >= 0.6 is 11.6 Å². The van der Waals surface area contributed by atoms with Crippen molar-refractivity contribution in [3.63, 3.8) is 0 Å². The van der Waals surface area contributed by atoms with Crippen LogP contribution in [0.25, 0.3) is 0 Å². The van der Waals surface area contributed by atoms with Gasteiger partial charge in [0, 0.05) is 6.54 Å². The molecule has 1 heterocycles. The molecular weight excluding hydrogens is 246 g/mol. The molecule has 3 unspecified atom stereocenters. The molecule has 3 atom stereocenters. The van der Waals surface area contributed by atoms with E-state index in [1.54, 1.807) is 6.20 Å². The maximum atomic E-state index is 6.36. The molecule has 0 aliphatic heterocycles. The molecule has 4 heteroatoms. The highest BCUT2D eigenvalue weighted by molar-refractivity contribution is 6.31. The average Bonchev–Trinajstić information content (AvgIpc) is 2.75. The number of fused-ring (bicyclic) bond motifs is 1. The van der Waals surface area contributed by atoms with E-state index in [2.05, 4.69) is 28.9 Å². The van der Waals surface area contributed by atoms with E-state index in [0.29, 0.717) is 6.04 Å². The Bertz CT molecular complexity index is 419. The van der Waals surface area contributed by atoms with Gasteiger partial charge in [0.25, 0.3) is 0 Å². The molecule has 3 rings (SSSR count). The summed E-state index contributed by atoms with van der Waals surface area (Å²) in [5.74, 6) is 2.66. The van der Waals surface area contributed by atoms with Crippen molar-refractivity contribution >= 4 is 11.6 Å². The predicted octanol–water partition coefficient (Wildman–Crippen LogP) is 3.25. The molecule has 0 saturated heterocycles. The summed E-state index contributed by atoms with van der Waals surface area (Å²) in [6.07, 6.45) is 6.04. The first-order valence-electron chi connectivity index (χ1n) is 7.22. The Balaban J connectivity index is 1.87. The summed E-state index contributed by atoms with van der Waals surface area (Å²) in [5.41, 5.74) is 1.21. The molecule has 2 saturated carbocycles. The summed E-state index contributed by atoms with van der Waals surface area (Å²) in [5, 5.41) is 8.86. The minimum Gasteiger partial charge on any atom is -0.309 e. The van der Waals surface area contributed by atoms with Gasteiger partial charge in [0.1, 0.15) is 0 Å². The lowest BCUT2D eigenvalue weighted by Crippen LogP contribution is -2.27. The molecule has 100 valence electrons. The van der Waals surface area contributed by atoms with Gasteiger partial charge in [-0.3, -0.25) is 4.68 Å². The average molecular weight is 268 g/mol. The van der Waals surface area contributed by atoms with E-state index in [0.717, 1.165) is 35.9 Å². The predicted molar refractivity (Wildman–Crippen MR) is 73.6 cm³/mol. The highest BCUT2D eigenvalue weighted by Gasteiger charge is 2.56. The summed E-state index contributed by atoms with van der Waals surface area (Å²) in [7, 11) is 0. The topological polar surface area (TPSA) is 29.9 Å². The van der Waals surface area contributed by atoms with E-state index in [1.807, 2.05) is 0 Å². The number of rotatable bonds is 5. The van der Waals surface area contributed by atoms with Crippen LogP contribution in [0.3, 0.4) is 0 Å². The quantitative estimate of drug-likeness (QED) is 0.888. The first-order chi connectivity index (χ1) is 8.77. The van der Waals surface area contributed by atoms with Crippen molar-refractivity contribution in [3.8, 4) is 0 Å². The number of nitrogens with zero attached hydrogens (tertiary/aromatic N) is 2. The van der Waals surface area contributed by atoms with Crippen molar-refractivity contribution in [1.29, 1.82) is 0 Å². The lowest BCUT2D eigenvalue weighted by atomic mass is 10.0. The van der Waals surface area contributed by atoms with Crippen LogP contribution in [0.5, 0.6) is 0 Å². The van der Waals surface area contributed by atoms with Crippen molar-refractivity contribution in [3.05, 3.63) is 16.9 Å². The monoisotopic (exact) mass is 267 g/mol. The van der Waals surface area contributed by atoms with Crippen molar-refractivity contribution in [2.75, 3.05) is 6.54 Å². The highest BCUT2D eigenvalue weighted by Crippen LogP contribution is 2.62. The molecule has 1 aromatic heterocycles. The molecule has 1 aromatic rings. The third-order valence-electron chi connectivity index (χ3n) is 4.71. The Hall–Kier alpha value is -0.540. The highest BCUT2D eigenvalue weighted by atomic mass is 35.5. The van der Waals surface area contributed by atoms with Crippen LogP contribution < -0.4 is 5.32 Å². The fourth-order valence-corrected chi connectivity index (χ4v) is 4.20. The number of hydrogen-bond acceptors (Lipinski definition) is 2. The van der Waals surface area contributed by atoms with Crippen LogP contribution in [0.1, 0.15) is 44.8 Å². The molecule has 18 heavy (non-hydrogen) atoms. The van der Waals surface area contributed by atoms with Gasteiger partial charge in [0.2, 0.25) is 0 Å². The zero-order valence-corrected chi connectivity index (χ0v) is 12.0. The standard InChI is InChI=1S/C14H22ClN3/c1-3-16-13(12-9-6-5-7-10(9)12)14-11(15)8-17-18(14)4-2/h8-10,12-13,16H,3-7H2,1-2H3. The molecule has 0 bridgehead atoms. The second-order valence-corrected chi connectivity index (χ2v) is 5.97. The van der Waals surface area contributed by atoms with Gasteiger partial charge in [-0.05, 0) is 44.1 Å². The van der Waals surface area contributed by atoms with Gasteiger partial charge in [0.05, 0.1) is 23.0 Å². The van der Waals surface area contributed by atoms with E-state index in [4.69, 9.17) is 11.6 Å². The number of nitrogens with one attached hydrogen (secondary N) is 1. The van der Waals surface area contributed by atoms with Crippen LogP contribution in [0.15, 0.2) is 6.20 Å². The minimum absolute atomic E-state index is 0.403. The number of aromatic nitrogens is 2. The molecule has 3 nitrogen and oxygen atoms in total. The summed E-state index contributed by atoms with van der Waals surface area (Å²) >= 11 is 6.36. The molecule has 0 amide bonds. The summed E-state index contributed by atoms with van der Waals surface area (Å²) < 4.78 is 2.06. The zero-order chi connectivity index (χ0) is 12.7. The lowest BCUT2D eigenvalue weighted by molar-refractivity contribution is 0.398. The Morgan fingerprint density at radius 2 is 2.17 bits per heavy atom. The van der Waals surface area contributed by atoms with Gasteiger partial charge in [-0.15, -0.1) is 0 Å². The zero-order valence-electron chi connectivity index (χ0n) is 11.2. The van der Waals surface area contributed by atoms with Crippen molar-refractivity contribution in [1.82, 2.24) is 15.1 Å². The van der Waals surface area contributed by atoms with Gasteiger partial charge < -0.3 is 5.32 Å².